The molecule has 0 amide bonds. The van der Waals surface area contributed by atoms with Gasteiger partial charge in [0, 0.05) is 6.04 Å². The molecule has 1 fully saturated rings. The minimum absolute atomic E-state index is 0. The van der Waals surface area contributed by atoms with Crippen LogP contribution >= 0.6 is 0 Å². The fourth-order valence-electron chi connectivity index (χ4n) is 1.29. The van der Waals surface area contributed by atoms with Crippen LogP contribution in [-0.2, 0) is 0 Å². The first-order chi connectivity index (χ1) is 5.30. The number of piperidine rings is 1. The molecule has 0 aromatic rings. The van der Waals surface area contributed by atoms with Crippen molar-refractivity contribution in [3.05, 3.63) is 6.42 Å². The molecule has 0 saturated carbocycles. The van der Waals surface area contributed by atoms with Crippen LogP contribution in [0.1, 0.15) is 40.5 Å². The average molecular weight is 242 g/mol. The fraction of sp³-hybridized carbons (Fsp3) is 0.900. The van der Waals surface area contributed by atoms with Crippen molar-refractivity contribution in [3.8, 4) is 0 Å². The number of likely N-dealkylation sites (tertiary alicyclic amines) is 1. The van der Waals surface area contributed by atoms with Gasteiger partial charge >= 0.3 is 58.2 Å². The van der Waals surface area contributed by atoms with Crippen molar-refractivity contribution in [3.63, 3.8) is 0 Å². The second kappa shape index (κ2) is 10.8. The van der Waals surface area contributed by atoms with E-state index in [1.807, 2.05) is 13.8 Å². The first-order valence-electron chi connectivity index (χ1n) is 4.86. The monoisotopic (exact) mass is 241 g/mol. The van der Waals surface area contributed by atoms with Crippen molar-refractivity contribution in [1.82, 2.24) is 4.90 Å². The van der Waals surface area contributed by atoms with E-state index in [0.717, 1.165) is 6.04 Å². The summed E-state index contributed by atoms with van der Waals surface area (Å²) in [5.74, 6) is 0. The zero-order chi connectivity index (χ0) is 8.69. The topological polar surface area (TPSA) is 3.24 Å². The van der Waals surface area contributed by atoms with E-state index in [0.29, 0.717) is 0 Å². The standard InChI is InChI=1S/C8H16N.C2H6.Rb/c1-8(2)9-6-4-3-5-7-9;1-2;/h3,8H,4-7H2,1-2H3;1-2H3;/q-1;;+1. The quantitative estimate of drug-likeness (QED) is 0.571. The van der Waals surface area contributed by atoms with E-state index in [9.17, 15) is 0 Å². The smallest absolute Gasteiger partial charge is 0.326 e. The van der Waals surface area contributed by atoms with Gasteiger partial charge in [-0.1, -0.05) is 13.8 Å². The summed E-state index contributed by atoms with van der Waals surface area (Å²) in [5, 5.41) is 0. The molecule has 0 atom stereocenters. The van der Waals surface area contributed by atoms with E-state index in [1.165, 1.54) is 25.9 Å². The van der Waals surface area contributed by atoms with Gasteiger partial charge in [0.1, 0.15) is 0 Å². The second-order valence-corrected chi connectivity index (χ2v) is 3.00. The van der Waals surface area contributed by atoms with Gasteiger partial charge in [-0.2, -0.15) is 12.8 Å². The molecular weight excluding hydrogens is 220 g/mol. The van der Waals surface area contributed by atoms with Crippen LogP contribution in [-0.4, -0.2) is 24.0 Å². The SMILES string of the molecule is CC.CC(C)N1CC[CH-]CC1.[Rb+]. The molecule has 12 heavy (non-hydrogen) atoms. The van der Waals surface area contributed by atoms with Crippen molar-refractivity contribution in [2.45, 2.75) is 46.6 Å². The Bertz CT molecular complexity index is 77.9. The first-order valence-corrected chi connectivity index (χ1v) is 4.86. The molecule has 1 aliphatic rings. The zero-order valence-corrected chi connectivity index (χ0v) is 14.3. The minimum atomic E-state index is 0. The predicted molar refractivity (Wildman–Crippen MR) is 51.6 cm³/mol. The van der Waals surface area contributed by atoms with Crippen molar-refractivity contribution >= 4 is 0 Å². The molecular formula is C10H22NRb. The van der Waals surface area contributed by atoms with Gasteiger partial charge in [-0.05, 0) is 26.9 Å². The number of hydrogen-bond acceptors (Lipinski definition) is 1. The molecule has 0 N–H and O–H groups in total. The summed E-state index contributed by atoms with van der Waals surface area (Å²) in [6.45, 7) is 11.1. The van der Waals surface area contributed by atoms with Gasteiger partial charge in [-0.25, -0.2) is 0 Å². The molecule has 0 aliphatic carbocycles. The third kappa shape index (κ3) is 7.20. The molecule has 0 aromatic heterocycles. The fourth-order valence-corrected chi connectivity index (χ4v) is 1.29. The van der Waals surface area contributed by atoms with Crippen molar-refractivity contribution < 1.29 is 58.2 Å². The second-order valence-electron chi connectivity index (χ2n) is 3.00. The van der Waals surface area contributed by atoms with Crippen molar-refractivity contribution in [2.75, 3.05) is 13.1 Å². The third-order valence-electron chi connectivity index (χ3n) is 1.97. The van der Waals surface area contributed by atoms with Crippen LogP contribution in [0.5, 0.6) is 0 Å². The Morgan fingerprint density at radius 3 is 1.75 bits per heavy atom. The van der Waals surface area contributed by atoms with Gasteiger partial charge in [0.05, 0.1) is 0 Å². The Balaban J connectivity index is 0. The number of rotatable bonds is 1. The molecule has 1 nitrogen and oxygen atoms in total. The van der Waals surface area contributed by atoms with E-state index >= 15 is 0 Å². The van der Waals surface area contributed by atoms with E-state index in [4.69, 9.17) is 0 Å². The summed E-state index contributed by atoms with van der Waals surface area (Å²) < 4.78 is 0. The summed E-state index contributed by atoms with van der Waals surface area (Å²) >= 11 is 0. The zero-order valence-electron chi connectivity index (χ0n) is 9.43. The third-order valence-corrected chi connectivity index (χ3v) is 1.97. The van der Waals surface area contributed by atoms with Gasteiger partial charge < -0.3 is 11.3 Å². The summed E-state index contributed by atoms with van der Waals surface area (Å²) in [4.78, 5) is 2.53. The molecule has 2 heteroatoms. The number of nitrogens with zero attached hydrogens (tertiary/aromatic N) is 1. The van der Waals surface area contributed by atoms with Crippen LogP contribution in [0, 0.1) is 6.42 Å². The van der Waals surface area contributed by atoms with Gasteiger partial charge in [0.2, 0.25) is 0 Å². The molecule has 1 heterocycles. The molecule has 0 radical (unpaired) electrons. The molecule has 0 spiro atoms. The van der Waals surface area contributed by atoms with Crippen LogP contribution in [0.4, 0.5) is 0 Å². The summed E-state index contributed by atoms with van der Waals surface area (Å²) in [6, 6.07) is 0.749. The molecule has 68 valence electrons. The van der Waals surface area contributed by atoms with Crippen molar-refractivity contribution in [2.24, 2.45) is 0 Å². The summed E-state index contributed by atoms with van der Waals surface area (Å²) in [5.41, 5.74) is 0. The molecule has 0 unspecified atom stereocenters. The molecule has 0 aromatic carbocycles. The minimum Gasteiger partial charge on any atom is -0.326 e. The van der Waals surface area contributed by atoms with Gasteiger partial charge in [0.15, 0.2) is 0 Å². The maximum Gasteiger partial charge on any atom is 1.00 e. The Kier molecular flexibility index (Phi) is 14.6. The van der Waals surface area contributed by atoms with Crippen LogP contribution in [0.15, 0.2) is 0 Å². The molecule has 1 aliphatic heterocycles. The van der Waals surface area contributed by atoms with Crippen LogP contribution < -0.4 is 58.2 Å². The Labute approximate surface area is 127 Å². The van der Waals surface area contributed by atoms with E-state index in [2.05, 4.69) is 25.2 Å². The maximum atomic E-state index is 2.53. The normalized spacial score (nSPS) is 17.8. The Hall–Kier alpha value is 1.77. The summed E-state index contributed by atoms with van der Waals surface area (Å²) in [7, 11) is 0. The van der Waals surface area contributed by atoms with E-state index in [1.54, 1.807) is 0 Å². The van der Waals surface area contributed by atoms with Gasteiger partial charge in [-0.3, -0.25) is 0 Å². The number of hydrogen-bond donors (Lipinski definition) is 0. The molecule has 0 bridgehead atoms. The Morgan fingerprint density at radius 2 is 1.50 bits per heavy atom. The van der Waals surface area contributed by atoms with Crippen LogP contribution in [0.3, 0.4) is 0 Å². The molecule has 1 saturated heterocycles. The largest absolute Gasteiger partial charge is 1.00 e. The predicted octanol–water partition coefficient (Wildman–Crippen LogP) is -0.275. The summed E-state index contributed by atoms with van der Waals surface area (Å²) in [6.07, 6.45) is 4.97. The van der Waals surface area contributed by atoms with Crippen LogP contribution in [0.2, 0.25) is 0 Å². The average Bonchev–Trinajstić information content (AvgIpc) is 2.10. The Morgan fingerprint density at radius 1 is 1.08 bits per heavy atom. The maximum absolute atomic E-state index is 2.53. The van der Waals surface area contributed by atoms with Crippen molar-refractivity contribution in [1.29, 1.82) is 0 Å². The van der Waals surface area contributed by atoms with Gasteiger partial charge in [0.25, 0.3) is 0 Å². The van der Waals surface area contributed by atoms with Gasteiger partial charge in [-0.15, -0.1) is 0 Å². The molecule has 1 rings (SSSR count). The van der Waals surface area contributed by atoms with Crippen LogP contribution in [0.25, 0.3) is 0 Å². The van der Waals surface area contributed by atoms with E-state index < -0.39 is 0 Å². The first kappa shape index (κ1) is 16.2. The van der Waals surface area contributed by atoms with E-state index in [-0.39, 0.29) is 58.2 Å².